The van der Waals surface area contributed by atoms with E-state index in [2.05, 4.69) is 34.6 Å². The van der Waals surface area contributed by atoms with E-state index >= 15 is 0 Å². The summed E-state index contributed by atoms with van der Waals surface area (Å²) in [5, 5.41) is 11.3. The number of esters is 1. The highest BCUT2D eigenvalue weighted by Gasteiger charge is 2.29. The summed E-state index contributed by atoms with van der Waals surface area (Å²) in [5.74, 6) is 0.759. The van der Waals surface area contributed by atoms with Gasteiger partial charge < -0.3 is 15.4 Å². The van der Waals surface area contributed by atoms with Gasteiger partial charge in [0, 0.05) is 25.4 Å². The quantitative estimate of drug-likeness (QED) is 0.509. The predicted octanol–water partition coefficient (Wildman–Crippen LogP) is 4.35. The largest absolute Gasteiger partial charge is 0.461 e. The number of para-hydroxylation sites is 2. The maximum atomic E-state index is 12.4. The van der Waals surface area contributed by atoms with Crippen LogP contribution < -0.4 is 10.6 Å². The van der Waals surface area contributed by atoms with Crippen LogP contribution in [-0.4, -0.2) is 38.9 Å². The minimum absolute atomic E-state index is 0.321. The van der Waals surface area contributed by atoms with Crippen LogP contribution in [0.15, 0.2) is 30.5 Å². The second-order valence-electron chi connectivity index (χ2n) is 8.37. The molecule has 168 valence electrons. The van der Waals surface area contributed by atoms with Gasteiger partial charge in [-0.1, -0.05) is 26.0 Å². The number of aromatic nitrogens is 4. The van der Waals surface area contributed by atoms with Gasteiger partial charge in [-0.25, -0.2) is 14.8 Å². The molecule has 0 unspecified atom stereocenters. The van der Waals surface area contributed by atoms with Crippen molar-refractivity contribution in [3.63, 3.8) is 0 Å². The molecule has 2 heterocycles. The number of ether oxygens (including phenoxy) is 1. The van der Waals surface area contributed by atoms with E-state index in [1.54, 1.807) is 11.6 Å². The maximum absolute atomic E-state index is 12.4. The van der Waals surface area contributed by atoms with E-state index in [0.717, 1.165) is 53.3 Å². The van der Waals surface area contributed by atoms with E-state index in [1.165, 1.54) is 0 Å². The number of benzene rings is 1. The molecule has 32 heavy (non-hydrogen) atoms. The number of aryl methyl sites for hydroxylation is 2. The first-order valence-electron chi connectivity index (χ1n) is 11.2. The highest BCUT2D eigenvalue weighted by atomic mass is 16.5. The monoisotopic (exact) mass is 434 g/mol. The van der Waals surface area contributed by atoms with Gasteiger partial charge in [0.15, 0.2) is 5.69 Å². The van der Waals surface area contributed by atoms with Gasteiger partial charge in [-0.05, 0) is 49.8 Å². The van der Waals surface area contributed by atoms with E-state index in [-0.39, 0.29) is 5.97 Å². The Kier molecular flexibility index (Phi) is 6.39. The van der Waals surface area contributed by atoms with Crippen molar-refractivity contribution >= 4 is 23.3 Å². The van der Waals surface area contributed by atoms with Gasteiger partial charge >= 0.3 is 5.97 Å². The third kappa shape index (κ3) is 4.44. The topological polar surface area (TPSA) is 94.0 Å². The molecule has 0 aliphatic heterocycles. The average molecular weight is 435 g/mol. The molecule has 8 nitrogen and oxygen atoms in total. The molecule has 0 spiro atoms. The fraction of sp³-hybridized carbons (Fsp3) is 0.417. The van der Waals surface area contributed by atoms with Crippen LogP contribution >= 0.6 is 0 Å². The summed E-state index contributed by atoms with van der Waals surface area (Å²) in [6, 6.07) is 8.05. The van der Waals surface area contributed by atoms with Crippen LogP contribution in [0.4, 0.5) is 17.3 Å². The summed E-state index contributed by atoms with van der Waals surface area (Å²) in [7, 11) is 1.83. The molecular weight excluding hydrogens is 404 g/mol. The zero-order chi connectivity index (χ0) is 22.7. The van der Waals surface area contributed by atoms with Crippen molar-refractivity contribution in [3.8, 4) is 11.4 Å². The third-order valence-electron chi connectivity index (χ3n) is 5.56. The highest BCUT2D eigenvalue weighted by molar-refractivity contribution is 5.91. The van der Waals surface area contributed by atoms with Crippen LogP contribution in [0.3, 0.4) is 0 Å². The van der Waals surface area contributed by atoms with E-state index in [1.807, 2.05) is 37.5 Å². The van der Waals surface area contributed by atoms with Crippen molar-refractivity contribution in [1.82, 2.24) is 19.7 Å². The van der Waals surface area contributed by atoms with Gasteiger partial charge in [0.25, 0.3) is 0 Å². The smallest absolute Gasteiger partial charge is 0.359 e. The molecule has 2 aromatic heterocycles. The van der Waals surface area contributed by atoms with Crippen molar-refractivity contribution in [2.24, 2.45) is 13.0 Å². The van der Waals surface area contributed by atoms with Crippen LogP contribution in [0, 0.1) is 5.92 Å². The molecule has 1 aromatic carbocycles. The summed E-state index contributed by atoms with van der Waals surface area (Å²) in [6.45, 7) is 7.45. The number of fused-ring (bicyclic) bond motifs is 3. The second kappa shape index (κ2) is 9.38. The van der Waals surface area contributed by atoms with E-state index in [9.17, 15) is 4.79 Å². The van der Waals surface area contributed by atoms with Gasteiger partial charge in [0.2, 0.25) is 5.95 Å². The first kappa shape index (κ1) is 21.8. The van der Waals surface area contributed by atoms with Crippen LogP contribution in [0.1, 0.15) is 48.8 Å². The van der Waals surface area contributed by atoms with E-state index < -0.39 is 0 Å². The molecule has 0 saturated carbocycles. The Labute approximate surface area is 188 Å². The van der Waals surface area contributed by atoms with Gasteiger partial charge in [0.1, 0.15) is 0 Å². The SMILES string of the molecule is CCOC(=O)c1nn(C)c2c1CCc1cnc(Nc3ccccc3NCCC(C)C)nc1-2. The fourth-order valence-electron chi connectivity index (χ4n) is 3.94. The van der Waals surface area contributed by atoms with Gasteiger partial charge in [-0.15, -0.1) is 0 Å². The van der Waals surface area contributed by atoms with E-state index in [4.69, 9.17) is 9.72 Å². The fourth-order valence-corrected chi connectivity index (χ4v) is 3.94. The molecular formula is C24H30N6O2. The minimum atomic E-state index is -0.387. The lowest BCUT2D eigenvalue weighted by molar-refractivity contribution is 0.0517. The van der Waals surface area contributed by atoms with Gasteiger partial charge in [-0.2, -0.15) is 5.10 Å². The molecule has 0 atom stereocenters. The summed E-state index contributed by atoms with van der Waals surface area (Å²) in [4.78, 5) is 21.7. The van der Waals surface area contributed by atoms with Crippen molar-refractivity contribution < 1.29 is 9.53 Å². The van der Waals surface area contributed by atoms with Crippen molar-refractivity contribution in [2.75, 3.05) is 23.8 Å². The van der Waals surface area contributed by atoms with Crippen LogP contribution in [-0.2, 0) is 24.6 Å². The number of hydrogen-bond donors (Lipinski definition) is 2. The van der Waals surface area contributed by atoms with Crippen LogP contribution in [0.2, 0.25) is 0 Å². The average Bonchev–Trinajstić information content (AvgIpc) is 3.12. The van der Waals surface area contributed by atoms with Crippen molar-refractivity contribution in [2.45, 2.75) is 40.0 Å². The summed E-state index contributed by atoms with van der Waals surface area (Å²) >= 11 is 0. The van der Waals surface area contributed by atoms with E-state index in [0.29, 0.717) is 30.6 Å². The molecule has 4 rings (SSSR count). The van der Waals surface area contributed by atoms with Crippen LogP contribution in [0.25, 0.3) is 11.4 Å². The number of nitrogens with one attached hydrogen (secondary N) is 2. The van der Waals surface area contributed by atoms with Gasteiger partial charge in [0.05, 0.1) is 29.4 Å². The molecule has 0 bridgehead atoms. The lowest BCUT2D eigenvalue weighted by Gasteiger charge is -2.18. The lowest BCUT2D eigenvalue weighted by Crippen LogP contribution is -2.13. The number of nitrogens with zero attached hydrogens (tertiary/aromatic N) is 4. The molecule has 2 N–H and O–H groups in total. The molecule has 1 aliphatic rings. The zero-order valence-corrected chi connectivity index (χ0v) is 19.1. The number of rotatable bonds is 8. The Balaban J connectivity index is 1.63. The molecule has 8 heteroatoms. The standard InChI is InChI=1S/C24H30N6O2/c1-5-32-23(31)21-17-11-10-16-14-26-24(28-20(16)22(17)30(4)29-21)27-19-9-7-6-8-18(19)25-13-12-15(2)3/h6-9,14-15,25H,5,10-13H2,1-4H3,(H,26,27,28). The summed E-state index contributed by atoms with van der Waals surface area (Å²) in [6.07, 6.45) is 4.42. The zero-order valence-electron chi connectivity index (χ0n) is 19.1. The Hall–Kier alpha value is -3.42. The summed E-state index contributed by atoms with van der Waals surface area (Å²) in [5.41, 5.74) is 5.90. The number of anilines is 3. The number of carbonyl (C=O) groups excluding carboxylic acids is 1. The van der Waals surface area contributed by atoms with Crippen molar-refractivity contribution in [1.29, 1.82) is 0 Å². The summed E-state index contributed by atoms with van der Waals surface area (Å²) < 4.78 is 6.91. The molecule has 1 aliphatic carbocycles. The first-order valence-corrected chi connectivity index (χ1v) is 11.2. The highest BCUT2D eigenvalue weighted by Crippen LogP contribution is 2.35. The molecule has 0 amide bonds. The maximum Gasteiger partial charge on any atom is 0.359 e. The Bertz CT molecular complexity index is 1120. The minimum Gasteiger partial charge on any atom is -0.461 e. The predicted molar refractivity (Wildman–Crippen MR) is 125 cm³/mol. The Morgan fingerprint density at radius 1 is 1.22 bits per heavy atom. The Morgan fingerprint density at radius 3 is 2.75 bits per heavy atom. The molecule has 0 saturated heterocycles. The van der Waals surface area contributed by atoms with Crippen molar-refractivity contribution in [3.05, 3.63) is 47.3 Å². The molecule has 0 fully saturated rings. The molecule has 3 aromatic rings. The lowest BCUT2D eigenvalue weighted by atomic mass is 9.93. The molecule has 0 radical (unpaired) electrons. The first-order chi connectivity index (χ1) is 15.5. The van der Waals surface area contributed by atoms with Crippen LogP contribution in [0.5, 0.6) is 0 Å². The normalized spacial score (nSPS) is 12.3. The number of hydrogen-bond acceptors (Lipinski definition) is 7. The second-order valence-corrected chi connectivity index (χ2v) is 8.37. The van der Waals surface area contributed by atoms with Gasteiger partial charge in [-0.3, -0.25) is 4.68 Å². The Morgan fingerprint density at radius 2 is 2.00 bits per heavy atom. The third-order valence-corrected chi connectivity index (χ3v) is 5.56. The number of carbonyl (C=O) groups is 1.